The van der Waals surface area contributed by atoms with Gasteiger partial charge in [-0.15, -0.1) is 5.10 Å². The number of amides is 1. The first-order chi connectivity index (χ1) is 18.8. The predicted octanol–water partition coefficient (Wildman–Crippen LogP) is 4.08. The van der Waals surface area contributed by atoms with Gasteiger partial charge < -0.3 is 15.0 Å². The molecule has 0 radical (unpaired) electrons. The number of rotatable bonds is 7. The summed E-state index contributed by atoms with van der Waals surface area (Å²) in [5.74, 6) is 1.91. The largest absolute Gasteiger partial charge is 0.416 e. The van der Waals surface area contributed by atoms with Gasteiger partial charge in [-0.3, -0.25) is 4.79 Å². The van der Waals surface area contributed by atoms with Crippen molar-refractivity contribution in [2.24, 2.45) is 24.8 Å². The van der Waals surface area contributed by atoms with Crippen molar-refractivity contribution in [1.29, 1.82) is 0 Å². The van der Waals surface area contributed by atoms with Crippen LogP contribution in [0.2, 0.25) is 0 Å². The summed E-state index contributed by atoms with van der Waals surface area (Å²) >= 11 is 0. The minimum Gasteiger partial charge on any atom is -0.381 e. The summed E-state index contributed by atoms with van der Waals surface area (Å²) < 4.78 is 50.0. The van der Waals surface area contributed by atoms with E-state index in [-0.39, 0.29) is 29.5 Å². The van der Waals surface area contributed by atoms with E-state index in [0.29, 0.717) is 48.9 Å². The second kappa shape index (κ2) is 9.16. The predicted molar refractivity (Wildman–Crippen MR) is 136 cm³/mol. The number of carbonyl (C=O) groups is 1. The lowest BCUT2D eigenvalue weighted by molar-refractivity contribution is -0.680. The van der Waals surface area contributed by atoms with Gasteiger partial charge in [-0.1, -0.05) is 18.6 Å². The van der Waals surface area contributed by atoms with Gasteiger partial charge >= 0.3 is 6.18 Å². The summed E-state index contributed by atoms with van der Waals surface area (Å²) in [4.78, 5) is 15.1. The molecule has 4 aliphatic rings. The minimum atomic E-state index is -4.54. The number of nitrogens with one attached hydrogen (secondary N) is 2. The van der Waals surface area contributed by atoms with E-state index in [1.54, 1.807) is 18.5 Å². The summed E-state index contributed by atoms with van der Waals surface area (Å²) in [6.07, 6.45) is 0.858. The van der Waals surface area contributed by atoms with Crippen LogP contribution in [0.1, 0.15) is 63.6 Å². The minimum absolute atomic E-state index is 0.0487. The Morgan fingerprint density at radius 1 is 1.21 bits per heavy atom. The highest BCUT2D eigenvalue weighted by atomic mass is 19.4. The average molecular weight is 539 g/mol. The van der Waals surface area contributed by atoms with Crippen LogP contribution in [0.15, 0.2) is 42.7 Å². The molecule has 1 aromatic heterocycles. The van der Waals surface area contributed by atoms with Crippen LogP contribution >= 0.6 is 0 Å². The van der Waals surface area contributed by atoms with Crippen LogP contribution in [-0.2, 0) is 31.1 Å². The summed E-state index contributed by atoms with van der Waals surface area (Å²) in [5, 5.41) is 10.8. The number of hydrogen-bond donors (Lipinski definition) is 2. The van der Waals surface area contributed by atoms with Crippen LogP contribution in [0, 0.1) is 17.8 Å². The highest BCUT2D eigenvalue weighted by molar-refractivity contribution is 6.10. The van der Waals surface area contributed by atoms with Crippen molar-refractivity contribution in [2.75, 3.05) is 18.1 Å². The molecule has 3 heterocycles. The van der Waals surface area contributed by atoms with Gasteiger partial charge in [-0.05, 0) is 65.6 Å². The number of aromatic nitrogens is 3. The van der Waals surface area contributed by atoms with Gasteiger partial charge in [-0.2, -0.15) is 13.2 Å². The smallest absolute Gasteiger partial charge is 0.381 e. The SMILES string of the molecule is C[n+]1c[nH]nc1[C@@H](c1cccc(N2Cc3c(cc(CN[C@H]4[C@@H]5CCC[C@@H]54)cc3C(F)(F)F)C2=O)c1)C1COC1. The Labute approximate surface area is 224 Å². The molecule has 3 fully saturated rings. The van der Waals surface area contributed by atoms with E-state index >= 15 is 0 Å². The number of hydrogen-bond acceptors (Lipinski definition) is 4. The average Bonchev–Trinajstić information content (AvgIpc) is 3.26. The Kier molecular flexibility index (Phi) is 5.82. The van der Waals surface area contributed by atoms with Crippen molar-refractivity contribution in [3.05, 3.63) is 76.4 Å². The Bertz CT molecular complexity index is 1420. The Hall–Kier alpha value is -3.24. The lowest BCUT2D eigenvalue weighted by atomic mass is 9.83. The third-order valence-corrected chi connectivity index (χ3v) is 9.10. The third kappa shape index (κ3) is 4.24. The first-order valence-corrected chi connectivity index (χ1v) is 13.6. The number of aromatic amines is 1. The zero-order chi connectivity index (χ0) is 26.9. The normalized spacial score (nSPS) is 25.0. The summed E-state index contributed by atoms with van der Waals surface area (Å²) in [6, 6.07) is 10.8. The van der Waals surface area contributed by atoms with Gasteiger partial charge in [0.25, 0.3) is 11.7 Å². The Morgan fingerprint density at radius 3 is 2.67 bits per heavy atom. The van der Waals surface area contributed by atoms with Crippen molar-refractivity contribution < 1.29 is 27.3 Å². The number of H-pyrrole nitrogens is 1. The van der Waals surface area contributed by atoms with Crippen molar-refractivity contribution in [3.8, 4) is 0 Å². The Balaban J connectivity index is 1.19. The second-order valence-corrected chi connectivity index (χ2v) is 11.4. The molecule has 2 aliphatic heterocycles. The van der Waals surface area contributed by atoms with Crippen molar-refractivity contribution in [1.82, 2.24) is 15.5 Å². The number of carbonyl (C=O) groups excluding carboxylic acids is 1. The van der Waals surface area contributed by atoms with Crippen molar-refractivity contribution >= 4 is 11.6 Å². The molecule has 0 spiro atoms. The first kappa shape index (κ1) is 24.8. The maximum Gasteiger partial charge on any atom is 0.416 e. The highest BCUT2D eigenvalue weighted by Gasteiger charge is 2.52. The van der Waals surface area contributed by atoms with Crippen LogP contribution in [0.3, 0.4) is 0 Å². The molecule has 3 aromatic rings. The van der Waals surface area contributed by atoms with Crippen molar-refractivity contribution in [3.63, 3.8) is 0 Å². The first-order valence-electron chi connectivity index (χ1n) is 13.6. The van der Waals surface area contributed by atoms with E-state index in [0.717, 1.165) is 11.4 Å². The maximum atomic E-state index is 14.2. The van der Waals surface area contributed by atoms with Crippen LogP contribution in [0.5, 0.6) is 0 Å². The number of anilines is 1. The quantitative estimate of drug-likeness (QED) is 0.445. The maximum absolute atomic E-state index is 14.2. The molecule has 0 unspecified atom stereocenters. The molecule has 1 saturated heterocycles. The van der Waals surface area contributed by atoms with Crippen LogP contribution in [0.4, 0.5) is 18.9 Å². The molecule has 4 atom stereocenters. The van der Waals surface area contributed by atoms with Gasteiger partial charge in [0.05, 0.1) is 38.3 Å². The monoisotopic (exact) mass is 538 g/mol. The fourth-order valence-corrected chi connectivity index (χ4v) is 6.97. The molecule has 2 aliphatic carbocycles. The van der Waals surface area contributed by atoms with E-state index < -0.39 is 17.6 Å². The molecule has 204 valence electrons. The fourth-order valence-electron chi connectivity index (χ4n) is 6.97. The summed E-state index contributed by atoms with van der Waals surface area (Å²) in [6.45, 7) is 1.43. The third-order valence-electron chi connectivity index (χ3n) is 9.10. The number of alkyl halides is 3. The van der Waals surface area contributed by atoms with Crippen molar-refractivity contribution in [2.45, 2.75) is 50.5 Å². The van der Waals surface area contributed by atoms with E-state index in [2.05, 4.69) is 15.5 Å². The van der Waals surface area contributed by atoms with E-state index in [1.807, 2.05) is 29.8 Å². The molecule has 1 amide bonds. The molecule has 0 bridgehead atoms. The zero-order valence-corrected chi connectivity index (χ0v) is 21.7. The molecule has 10 heteroatoms. The molecule has 2 aromatic carbocycles. The van der Waals surface area contributed by atoms with Gasteiger partial charge in [-0.25, -0.2) is 4.57 Å². The number of ether oxygens (including phenoxy) is 1. The molecule has 2 saturated carbocycles. The number of fused-ring (bicyclic) bond motifs is 2. The van der Waals surface area contributed by atoms with Gasteiger partial charge in [0.15, 0.2) is 0 Å². The standard InChI is InChI=1S/C29H30F3N5O2/c1-36-15-34-35-27(36)25(18-13-39-14-18)17-4-2-5-19(10-17)37-12-23-22(28(37)38)8-16(9-24(23)29(30,31)32)11-33-26-20-6-3-7-21(20)26/h2,4-5,8-10,15,18,20-21,25-26,33H,3,6-7,11-14H2,1H3/p+1/t20-,21+,25-,26+/m0/s1. The summed E-state index contributed by atoms with van der Waals surface area (Å²) in [7, 11) is 1.91. The number of halogens is 3. The van der Waals surface area contributed by atoms with Crippen LogP contribution in [0.25, 0.3) is 0 Å². The molecule has 7 rings (SSSR count). The van der Waals surface area contributed by atoms with Gasteiger partial charge in [0.2, 0.25) is 6.33 Å². The highest BCUT2D eigenvalue weighted by Crippen LogP contribution is 2.52. The number of nitrogens with zero attached hydrogens (tertiary/aromatic N) is 3. The lowest BCUT2D eigenvalue weighted by Gasteiger charge is -2.32. The van der Waals surface area contributed by atoms with E-state index in [9.17, 15) is 18.0 Å². The zero-order valence-electron chi connectivity index (χ0n) is 21.7. The molecular formula is C29H31F3N5O2+. The van der Waals surface area contributed by atoms with Gasteiger partial charge in [0, 0.05) is 34.9 Å². The second-order valence-electron chi connectivity index (χ2n) is 11.4. The fraction of sp³-hybridized carbons (Fsp3) is 0.483. The molecule has 7 nitrogen and oxygen atoms in total. The van der Waals surface area contributed by atoms with Gasteiger partial charge in [0.1, 0.15) is 0 Å². The van der Waals surface area contributed by atoms with Crippen LogP contribution < -0.4 is 14.8 Å². The number of benzene rings is 2. The molecular weight excluding hydrogens is 507 g/mol. The molecule has 39 heavy (non-hydrogen) atoms. The van der Waals surface area contributed by atoms with E-state index in [1.165, 1.54) is 30.2 Å². The summed E-state index contributed by atoms with van der Waals surface area (Å²) in [5.41, 5.74) is 1.51. The Morgan fingerprint density at radius 2 is 2.00 bits per heavy atom. The molecule has 2 N–H and O–H groups in total. The van der Waals surface area contributed by atoms with E-state index in [4.69, 9.17) is 4.74 Å². The topological polar surface area (TPSA) is 74.1 Å². The van der Waals surface area contributed by atoms with Crippen LogP contribution in [-0.4, -0.2) is 35.4 Å². The number of aryl methyl sites for hydroxylation is 1. The lowest BCUT2D eigenvalue weighted by Crippen LogP contribution is -2.41.